The van der Waals surface area contributed by atoms with Gasteiger partial charge in [0.2, 0.25) is 0 Å². The van der Waals surface area contributed by atoms with Gasteiger partial charge >= 0.3 is 6.09 Å². The normalized spacial score (nSPS) is 22.2. The summed E-state index contributed by atoms with van der Waals surface area (Å²) < 4.78 is 48.1. The van der Waals surface area contributed by atoms with Crippen molar-refractivity contribution in [3.63, 3.8) is 0 Å². The number of benzene rings is 2. The van der Waals surface area contributed by atoms with Crippen molar-refractivity contribution in [2.24, 2.45) is 27.2 Å². The molecule has 2 aliphatic rings. The van der Waals surface area contributed by atoms with Crippen molar-refractivity contribution < 1.29 is 43.4 Å². The summed E-state index contributed by atoms with van der Waals surface area (Å²) in [7, 11) is -1.26. The third kappa shape index (κ3) is 18.0. The number of aliphatic imine (C=N–C) groups is 2. The van der Waals surface area contributed by atoms with E-state index in [1.54, 1.807) is 44.0 Å². The number of halogens is 6. The molecule has 27 heteroatoms. The van der Waals surface area contributed by atoms with Crippen molar-refractivity contribution in [1.82, 2.24) is 34.8 Å². The van der Waals surface area contributed by atoms with Crippen molar-refractivity contribution in [3.8, 4) is 0 Å². The highest BCUT2D eigenvalue weighted by molar-refractivity contribution is 9.10. The van der Waals surface area contributed by atoms with Crippen LogP contribution < -0.4 is 22.9 Å². The smallest absolute Gasteiger partial charge is 0.417 e. The molecule has 0 bridgehead atoms. The molecule has 6 aromatic rings. The number of ether oxygens (including phenoxy) is 3. The number of methoxy groups -OCH3 is 1. The number of fused-ring (bicyclic) bond motifs is 2. The molecule has 0 saturated carbocycles. The summed E-state index contributed by atoms with van der Waals surface area (Å²) in [5, 5.41) is 0.382. The first-order valence-corrected chi connectivity index (χ1v) is 37.5. The number of nitrogens with zero attached hydrogens (tertiary/aromatic N) is 9. The second kappa shape index (κ2) is 28.3. The summed E-state index contributed by atoms with van der Waals surface area (Å²) in [5.41, 5.74) is 25.3. The van der Waals surface area contributed by atoms with Gasteiger partial charge in [0.25, 0.3) is 0 Å². The van der Waals surface area contributed by atoms with Gasteiger partial charge in [0.1, 0.15) is 59.3 Å². The lowest BCUT2D eigenvalue weighted by Crippen LogP contribution is -2.67. The van der Waals surface area contributed by atoms with Crippen LogP contribution in [0.2, 0.25) is 5.15 Å². The Labute approximate surface area is 540 Å². The van der Waals surface area contributed by atoms with Crippen LogP contribution >= 0.6 is 60.0 Å². The average Bonchev–Trinajstić information content (AvgIpc) is 0.689. The molecule has 12 N–H and O–H groups in total. The van der Waals surface area contributed by atoms with Gasteiger partial charge in [0, 0.05) is 61.2 Å². The lowest BCUT2D eigenvalue weighted by molar-refractivity contribution is -0.00309. The van der Waals surface area contributed by atoms with Gasteiger partial charge in [-0.15, -0.1) is 0 Å². The van der Waals surface area contributed by atoms with Crippen molar-refractivity contribution in [2.45, 2.75) is 102 Å². The van der Waals surface area contributed by atoms with E-state index in [0.29, 0.717) is 64.5 Å². The molecule has 88 heavy (non-hydrogen) atoms. The fourth-order valence-corrected chi connectivity index (χ4v) is 19.4. The van der Waals surface area contributed by atoms with Gasteiger partial charge in [-0.2, -0.15) is 0 Å². The Hall–Kier alpha value is -4.87. The minimum Gasteiger partial charge on any atom is -0.443 e. The Morgan fingerprint density at radius 3 is 1.66 bits per heavy atom. The van der Waals surface area contributed by atoms with Crippen molar-refractivity contribution in [3.05, 3.63) is 122 Å². The van der Waals surface area contributed by atoms with E-state index >= 15 is 8.78 Å². The fourth-order valence-electron chi connectivity index (χ4n) is 10.4. The highest BCUT2D eigenvalue weighted by atomic mass is 79.9. The third-order valence-electron chi connectivity index (χ3n) is 16.5. The molecule has 0 spiro atoms. The molecule has 500 valence electrons. The molecule has 2 atom stereocenters. The van der Waals surface area contributed by atoms with E-state index in [4.69, 9.17) is 47.3 Å². The highest BCUT2D eigenvalue weighted by Crippen LogP contribution is 2.90. The highest BCUT2D eigenvalue weighted by Gasteiger charge is 2.66. The number of nitrogens with two attached hydrogens (primary N) is 4. The molecule has 19 nitrogen and oxygen atoms in total. The van der Waals surface area contributed by atoms with Crippen LogP contribution in [0.3, 0.4) is 0 Å². The Balaban J connectivity index is 0.00000133. The van der Waals surface area contributed by atoms with Crippen molar-refractivity contribution in [1.29, 1.82) is 0 Å². The second-order valence-corrected chi connectivity index (χ2v) is 51.2. The van der Waals surface area contributed by atoms with Gasteiger partial charge in [-0.1, -0.05) is 31.2 Å². The lowest BCUT2D eigenvalue weighted by atomic mass is 9.91. The van der Waals surface area contributed by atoms with Crippen molar-refractivity contribution >= 4 is 106 Å². The number of anilines is 1. The quantitative estimate of drug-likeness (QED) is 0.0453. The molecule has 0 aliphatic carbocycles. The predicted octanol–water partition coefficient (Wildman–Crippen LogP) is 11.1. The number of amidine groups is 2. The number of nitrogen functional groups attached to an aromatic ring is 1. The number of aromatic nitrogens is 6. The topological polar surface area (TPSA) is 317 Å². The second-order valence-electron chi connectivity index (χ2n) is 28.1. The maximum absolute atomic E-state index is 15.3. The number of hydrogen-bond acceptors (Lipinski definition) is 16. The van der Waals surface area contributed by atoms with E-state index < -0.39 is 44.1 Å². The summed E-state index contributed by atoms with van der Waals surface area (Å²) in [6, 6.07) is 13.6. The Morgan fingerprint density at radius 2 is 1.15 bits per heavy atom. The molecular weight excluding hydrogens is 1330 g/mol. The molecular formula is C61H101Br2ClF3N13O6S2. The number of carbonyl (C=O) groups excluding carboxylic acids is 1. The zero-order valence-electron chi connectivity index (χ0n) is 54.3. The summed E-state index contributed by atoms with van der Waals surface area (Å²) >= 11 is 12.5. The molecule has 0 fully saturated rings. The van der Waals surface area contributed by atoms with Crippen LogP contribution in [0.25, 0.3) is 22.1 Å². The van der Waals surface area contributed by atoms with E-state index in [1.807, 2.05) is 52.8 Å². The van der Waals surface area contributed by atoms with Gasteiger partial charge in [-0.25, -0.2) is 38.4 Å². The zero-order chi connectivity index (χ0) is 64.2. The average molecular weight is 1430 g/mol. The van der Waals surface area contributed by atoms with Crippen LogP contribution in [-0.4, -0.2) is 181 Å². The first kappa shape index (κ1) is 83.1. The van der Waals surface area contributed by atoms with E-state index in [0.717, 1.165) is 42.5 Å². The SMILES string of the molecule is C.CC1(C)C(N)=N[C@](C)(c2cc(Cc3ncnc4cc(Br)cnc34)ccc2F)CS1(C)(C)(C)C.CN.CN.COCCOCN(C(=O)OC(C)(C)C)C1=N[C@](C)(c2cc(N)ccc2F)CS(C)(C)(C)(C)C1(C)C.Clc1ncnc2cc(Br)cnc12.F.O.O. The summed E-state index contributed by atoms with van der Waals surface area (Å²) in [4.78, 5) is 50.3. The zero-order valence-corrected chi connectivity index (χ0v) is 59.8. The molecule has 0 saturated heterocycles. The van der Waals surface area contributed by atoms with Crippen LogP contribution in [0.15, 0.2) is 92.5 Å². The number of hydrogen-bond donors (Lipinski definition) is 4. The fraction of sp³-hybridized carbons (Fsp3) is 0.525. The standard InChI is InChI=1S/C26H46FN3O4S.C25H33BrFN5S.C7H3BrClN3.2CH5N.CH4.FH.2H2O/c1-24(2,3)34-23(31)30(18-33-15-14-32-7)22-25(4,5)35(8,9,10,11)17-26(6,29-22)20-16-19(28)12-13-21(20)27;1-24(2)23(28)32-25(3,14-33(24,4,5,6)7)18-10-16(8-9-19(18)27)11-20-22-21(31-15-30-20)12-17(26)13-29-22;8-4-1-5-6(10-2-4)7(9)12-3-11-5;2*1-2;;;;/h12-13,16H,14-15,17-18,28H2,1-11H3;8-10,12-13,15H,11,14H2,1-7H3,(H2,28,32);1-3H;2*2H2,1H3;1H4;1H;2*1H2/t26-;25-;;;;;;;/m00......./s1. The van der Waals surface area contributed by atoms with Crippen LogP contribution in [0.4, 0.5) is 24.0 Å². The van der Waals surface area contributed by atoms with E-state index in [9.17, 15) is 4.79 Å². The van der Waals surface area contributed by atoms with Crippen molar-refractivity contribution in [2.75, 3.05) is 108 Å². The van der Waals surface area contributed by atoms with Crippen LogP contribution in [0, 0.1) is 11.6 Å². The number of amides is 1. The molecule has 0 radical (unpaired) electrons. The maximum atomic E-state index is 15.3. The van der Waals surface area contributed by atoms with E-state index in [2.05, 4.69) is 151 Å². The minimum absolute atomic E-state index is 0. The molecule has 1 amide bonds. The maximum Gasteiger partial charge on any atom is 0.417 e. The van der Waals surface area contributed by atoms with Crippen LogP contribution in [0.1, 0.15) is 92.1 Å². The largest absolute Gasteiger partial charge is 0.443 e. The molecule has 4 aromatic heterocycles. The minimum atomic E-state index is -3.09. The number of carbonyl (C=O) groups is 1. The molecule has 8 rings (SSSR count). The third-order valence-corrected chi connectivity index (χ3v) is 31.4. The van der Waals surface area contributed by atoms with Gasteiger partial charge in [0.05, 0.1) is 41.0 Å². The van der Waals surface area contributed by atoms with Gasteiger partial charge in [-0.3, -0.25) is 41.2 Å². The first-order chi connectivity index (χ1) is 38.3. The summed E-state index contributed by atoms with van der Waals surface area (Å²) in [5.74, 6) is 1.81. The number of pyridine rings is 2. The van der Waals surface area contributed by atoms with E-state index in [-0.39, 0.29) is 46.2 Å². The van der Waals surface area contributed by atoms with Crippen LogP contribution in [-0.2, 0) is 31.7 Å². The van der Waals surface area contributed by atoms with Gasteiger partial charge in [-0.05, 0) is 212 Å². The van der Waals surface area contributed by atoms with E-state index in [1.165, 1.54) is 37.5 Å². The predicted molar refractivity (Wildman–Crippen MR) is 377 cm³/mol. The Bertz CT molecular complexity index is 3480. The Kier molecular flexibility index (Phi) is 26.8. The van der Waals surface area contributed by atoms with Gasteiger partial charge < -0.3 is 48.1 Å². The Morgan fingerprint density at radius 1 is 0.682 bits per heavy atom. The first-order valence-electron chi connectivity index (χ1n) is 27.0. The number of rotatable bonds is 9. The van der Waals surface area contributed by atoms with Gasteiger partial charge in [0.15, 0.2) is 5.15 Å². The molecule has 0 unspecified atom stereocenters. The monoisotopic (exact) mass is 1430 g/mol. The molecule has 2 aliphatic heterocycles. The lowest BCUT2D eigenvalue weighted by Gasteiger charge is -2.81. The molecule has 2 aromatic carbocycles. The summed E-state index contributed by atoms with van der Waals surface area (Å²) in [6.45, 7) is 18.5. The molecule has 6 heterocycles. The van der Waals surface area contributed by atoms with Crippen LogP contribution in [0.5, 0.6) is 0 Å². The summed E-state index contributed by atoms with van der Waals surface area (Å²) in [6.07, 6.45) is 24.7.